The van der Waals surface area contributed by atoms with Crippen LogP contribution in [0.3, 0.4) is 0 Å². The van der Waals surface area contributed by atoms with Gasteiger partial charge in [0, 0.05) is 16.7 Å². The molecular weight excluding hydrogens is 629 g/mol. The molecule has 1 aromatic heterocycles. The minimum Gasteiger partial charge on any atom is -0.228 e. The Kier molecular flexibility index (Phi) is 7.18. The van der Waals surface area contributed by atoms with E-state index in [4.69, 9.17) is 9.97 Å². The van der Waals surface area contributed by atoms with Crippen LogP contribution in [-0.2, 0) is 0 Å². The Hall–Kier alpha value is -6.90. The molecule has 9 aromatic carbocycles. The van der Waals surface area contributed by atoms with Gasteiger partial charge >= 0.3 is 0 Å². The van der Waals surface area contributed by atoms with Crippen molar-refractivity contribution >= 4 is 43.1 Å². The molecule has 0 amide bonds. The summed E-state index contributed by atoms with van der Waals surface area (Å²) in [7, 11) is 0. The molecule has 0 saturated heterocycles. The molecule has 10 rings (SSSR count). The Morgan fingerprint density at radius 2 is 0.827 bits per heavy atom. The summed E-state index contributed by atoms with van der Waals surface area (Å²) in [5, 5.41) is 9.79. The molecule has 242 valence electrons. The first kappa shape index (κ1) is 30.0. The number of hydrogen-bond acceptors (Lipinski definition) is 2. The van der Waals surface area contributed by atoms with E-state index in [9.17, 15) is 0 Å². The molecule has 0 aliphatic rings. The van der Waals surface area contributed by atoms with E-state index in [-0.39, 0.29) is 0 Å². The number of hydrogen-bond donors (Lipinski definition) is 0. The van der Waals surface area contributed by atoms with Crippen molar-refractivity contribution in [1.29, 1.82) is 0 Å². The van der Waals surface area contributed by atoms with Gasteiger partial charge in [-0.05, 0) is 89.6 Å². The molecule has 0 radical (unpaired) electrons. The van der Waals surface area contributed by atoms with E-state index in [1.807, 2.05) is 18.2 Å². The predicted octanol–water partition coefficient (Wildman–Crippen LogP) is 13.4. The molecule has 0 aliphatic heterocycles. The van der Waals surface area contributed by atoms with E-state index in [1.165, 1.54) is 54.2 Å². The van der Waals surface area contributed by atoms with Gasteiger partial charge < -0.3 is 0 Å². The molecule has 2 heteroatoms. The van der Waals surface area contributed by atoms with Crippen molar-refractivity contribution in [3.05, 3.63) is 194 Å². The Bertz CT molecular complexity index is 2950. The van der Waals surface area contributed by atoms with E-state index >= 15 is 0 Å². The first-order valence-corrected chi connectivity index (χ1v) is 17.7. The molecule has 0 spiro atoms. The van der Waals surface area contributed by atoms with Crippen LogP contribution in [0.25, 0.3) is 99.2 Å². The van der Waals surface area contributed by atoms with Crippen molar-refractivity contribution in [1.82, 2.24) is 9.97 Å². The average molecular weight is 661 g/mol. The first-order valence-electron chi connectivity index (χ1n) is 17.7. The molecule has 52 heavy (non-hydrogen) atoms. The first-order chi connectivity index (χ1) is 25.8. The van der Waals surface area contributed by atoms with Crippen LogP contribution in [-0.4, -0.2) is 9.97 Å². The van der Waals surface area contributed by atoms with Crippen molar-refractivity contribution < 1.29 is 0 Å². The molecule has 0 N–H and O–H groups in total. The molecular formula is C50H32N2. The summed E-state index contributed by atoms with van der Waals surface area (Å²) in [5.74, 6) is 0.707. The Balaban J connectivity index is 1.15. The van der Waals surface area contributed by atoms with Crippen molar-refractivity contribution in [2.24, 2.45) is 0 Å². The zero-order valence-corrected chi connectivity index (χ0v) is 28.4. The second kappa shape index (κ2) is 12.5. The largest absolute Gasteiger partial charge is 0.228 e. The molecule has 1 heterocycles. The van der Waals surface area contributed by atoms with Gasteiger partial charge in [0.15, 0.2) is 5.82 Å². The minimum atomic E-state index is 0.707. The lowest BCUT2D eigenvalue weighted by Gasteiger charge is -2.16. The van der Waals surface area contributed by atoms with Gasteiger partial charge in [-0.15, -0.1) is 0 Å². The SMILES string of the molecule is c1ccc(-c2nc(-c3ccc4cc(-c5cc6ccccc6c6ccccc56)ccc4c3)cc(-c3c(-c4ccccc4)ccc4ccccc34)n2)cc1. The molecule has 0 unspecified atom stereocenters. The molecule has 0 saturated carbocycles. The highest BCUT2D eigenvalue weighted by Crippen LogP contribution is 2.40. The lowest BCUT2D eigenvalue weighted by molar-refractivity contribution is 1.19. The van der Waals surface area contributed by atoms with Crippen LogP contribution in [0.15, 0.2) is 194 Å². The van der Waals surface area contributed by atoms with Gasteiger partial charge in [-0.3, -0.25) is 0 Å². The molecule has 0 atom stereocenters. The summed E-state index contributed by atoms with van der Waals surface area (Å²) in [5.41, 5.74) is 9.71. The van der Waals surface area contributed by atoms with E-state index < -0.39 is 0 Å². The molecule has 0 bridgehead atoms. The Morgan fingerprint density at radius 3 is 1.60 bits per heavy atom. The molecule has 0 fully saturated rings. The average Bonchev–Trinajstić information content (AvgIpc) is 3.23. The van der Waals surface area contributed by atoms with E-state index in [0.29, 0.717) is 5.82 Å². The fourth-order valence-corrected chi connectivity index (χ4v) is 7.71. The number of aromatic nitrogens is 2. The van der Waals surface area contributed by atoms with Crippen LogP contribution in [0, 0.1) is 0 Å². The van der Waals surface area contributed by atoms with E-state index in [1.54, 1.807) is 0 Å². The minimum absolute atomic E-state index is 0.707. The summed E-state index contributed by atoms with van der Waals surface area (Å²) in [6, 6.07) is 69.3. The second-order valence-electron chi connectivity index (χ2n) is 13.4. The van der Waals surface area contributed by atoms with Crippen molar-refractivity contribution in [3.8, 4) is 56.2 Å². The second-order valence-corrected chi connectivity index (χ2v) is 13.4. The summed E-state index contributed by atoms with van der Waals surface area (Å²) in [6.07, 6.45) is 0. The highest BCUT2D eigenvalue weighted by molar-refractivity contribution is 6.14. The maximum absolute atomic E-state index is 5.28. The topological polar surface area (TPSA) is 25.8 Å². The normalized spacial score (nSPS) is 11.5. The van der Waals surface area contributed by atoms with Crippen LogP contribution in [0.2, 0.25) is 0 Å². The number of fused-ring (bicyclic) bond motifs is 5. The van der Waals surface area contributed by atoms with Crippen molar-refractivity contribution in [2.45, 2.75) is 0 Å². The smallest absolute Gasteiger partial charge is 0.160 e. The third-order valence-electron chi connectivity index (χ3n) is 10.2. The fraction of sp³-hybridized carbons (Fsp3) is 0. The lowest BCUT2D eigenvalue weighted by Crippen LogP contribution is -1.98. The maximum Gasteiger partial charge on any atom is 0.160 e. The van der Waals surface area contributed by atoms with Crippen molar-refractivity contribution in [3.63, 3.8) is 0 Å². The van der Waals surface area contributed by atoms with Gasteiger partial charge in [0.05, 0.1) is 11.4 Å². The molecule has 10 aromatic rings. The summed E-state index contributed by atoms with van der Waals surface area (Å²) in [6.45, 7) is 0. The Labute approximate surface area is 302 Å². The number of benzene rings is 9. The zero-order valence-electron chi connectivity index (χ0n) is 28.4. The van der Waals surface area contributed by atoms with Gasteiger partial charge in [-0.2, -0.15) is 0 Å². The van der Waals surface area contributed by atoms with E-state index in [0.717, 1.165) is 39.2 Å². The molecule has 2 nitrogen and oxygen atoms in total. The monoisotopic (exact) mass is 660 g/mol. The maximum atomic E-state index is 5.28. The van der Waals surface area contributed by atoms with Crippen LogP contribution in [0.5, 0.6) is 0 Å². The van der Waals surface area contributed by atoms with Crippen molar-refractivity contribution in [2.75, 3.05) is 0 Å². The van der Waals surface area contributed by atoms with Crippen LogP contribution in [0.4, 0.5) is 0 Å². The highest BCUT2D eigenvalue weighted by Gasteiger charge is 2.17. The summed E-state index contributed by atoms with van der Waals surface area (Å²) >= 11 is 0. The van der Waals surface area contributed by atoms with Gasteiger partial charge in [-0.1, -0.05) is 170 Å². The van der Waals surface area contributed by atoms with Gasteiger partial charge in [-0.25, -0.2) is 9.97 Å². The van der Waals surface area contributed by atoms with Crippen LogP contribution in [0.1, 0.15) is 0 Å². The van der Waals surface area contributed by atoms with Gasteiger partial charge in [0.1, 0.15) is 0 Å². The number of nitrogens with zero attached hydrogens (tertiary/aromatic N) is 2. The standard InChI is InChI=1S/C50H32N2/c1-3-13-33(14-4-1)43-28-27-34-15-7-10-20-42(34)49(43)48-32-47(51-50(52-48)35-16-5-2-6-17-35)40-26-24-36-29-39(25-23-37(36)30-40)46-31-38-18-8-9-19-41(38)44-21-11-12-22-45(44)46/h1-32H. The quantitative estimate of drug-likeness (QED) is 0.172. The summed E-state index contributed by atoms with van der Waals surface area (Å²) in [4.78, 5) is 10.5. The Morgan fingerprint density at radius 1 is 0.269 bits per heavy atom. The van der Waals surface area contributed by atoms with Crippen LogP contribution < -0.4 is 0 Å². The third-order valence-corrected chi connectivity index (χ3v) is 10.2. The number of rotatable bonds is 5. The fourth-order valence-electron chi connectivity index (χ4n) is 7.71. The van der Waals surface area contributed by atoms with Crippen LogP contribution >= 0.6 is 0 Å². The van der Waals surface area contributed by atoms with Gasteiger partial charge in [0.2, 0.25) is 0 Å². The highest BCUT2D eigenvalue weighted by atomic mass is 14.9. The van der Waals surface area contributed by atoms with E-state index in [2.05, 4.69) is 176 Å². The predicted molar refractivity (Wildman–Crippen MR) is 219 cm³/mol. The summed E-state index contributed by atoms with van der Waals surface area (Å²) < 4.78 is 0. The van der Waals surface area contributed by atoms with Gasteiger partial charge in [0.25, 0.3) is 0 Å². The lowest BCUT2D eigenvalue weighted by atomic mass is 9.91. The zero-order chi connectivity index (χ0) is 34.4. The molecule has 0 aliphatic carbocycles. The third kappa shape index (κ3) is 5.21.